The lowest BCUT2D eigenvalue weighted by Gasteiger charge is -2.30. The molecule has 2 aliphatic rings. The summed E-state index contributed by atoms with van der Waals surface area (Å²) in [6.45, 7) is 4.94. The van der Waals surface area contributed by atoms with E-state index in [1.807, 2.05) is 4.90 Å². The Hall–Kier alpha value is -0.750. The summed E-state index contributed by atoms with van der Waals surface area (Å²) in [6, 6.07) is 2.46. The van der Waals surface area contributed by atoms with Gasteiger partial charge in [0.2, 0.25) is 0 Å². The molecule has 0 amide bonds. The van der Waals surface area contributed by atoms with Crippen LogP contribution in [0.1, 0.15) is 24.8 Å². The predicted octanol–water partition coefficient (Wildman–Crippen LogP) is 3.14. The molecule has 2 aliphatic heterocycles. The van der Waals surface area contributed by atoms with Gasteiger partial charge >= 0.3 is 0 Å². The van der Waals surface area contributed by atoms with Crippen LogP contribution in [0.2, 0.25) is 5.02 Å². The van der Waals surface area contributed by atoms with E-state index in [-0.39, 0.29) is 29.7 Å². The van der Waals surface area contributed by atoms with Gasteiger partial charge in [0, 0.05) is 38.3 Å². The predicted molar refractivity (Wildman–Crippen MR) is 91.0 cm³/mol. The number of nitrogens with zero attached hydrogens (tertiary/aromatic N) is 2. The molecule has 24 heavy (non-hydrogen) atoms. The van der Waals surface area contributed by atoms with Gasteiger partial charge < -0.3 is 10.0 Å². The van der Waals surface area contributed by atoms with Crippen molar-refractivity contribution in [1.82, 2.24) is 9.80 Å². The number of likely N-dealkylation sites (tertiary alicyclic amines) is 2. The van der Waals surface area contributed by atoms with Gasteiger partial charge in [-0.3, -0.25) is 4.90 Å². The minimum absolute atomic E-state index is 0.0258. The monoisotopic (exact) mass is 358 g/mol. The number of piperidine rings is 1. The van der Waals surface area contributed by atoms with Crippen LogP contribution in [0.3, 0.4) is 0 Å². The molecule has 134 valence electrons. The Morgan fingerprint density at radius 3 is 2.46 bits per heavy atom. The molecule has 0 aliphatic carbocycles. The van der Waals surface area contributed by atoms with E-state index in [1.54, 1.807) is 0 Å². The fraction of sp³-hybridized carbons (Fsp3) is 0.667. The highest BCUT2D eigenvalue weighted by Crippen LogP contribution is 2.29. The highest BCUT2D eigenvalue weighted by Gasteiger charge is 2.34. The van der Waals surface area contributed by atoms with E-state index in [0.29, 0.717) is 12.5 Å². The summed E-state index contributed by atoms with van der Waals surface area (Å²) < 4.78 is 28.1. The molecule has 1 aromatic carbocycles. The van der Waals surface area contributed by atoms with Crippen LogP contribution in [-0.4, -0.2) is 54.2 Å². The van der Waals surface area contributed by atoms with Crippen molar-refractivity contribution in [2.45, 2.75) is 25.8 Å². The van der Waals surface area contributed by atoms with Crippen LogP contribution >= 0.6 is 11.6 Å². The Kier molecular flexibility index (Phi) is 6.08. The van der Waals surface area contributed by atoms with Gasteiger partial charge in [-0.2, -0.15) is 0 Å². The van der Waals surface area contributed by atoms with Crippen molar-refractivity contribution in [2.24, 2.45) is 11.8 Å². The summed E-state index contributed by atoms with van der Waals surface area (Å²) in [5, 5.41) is 9.64. The molecule has 2 heterocycles. The fourth-order valence-electron chi connectivity index (χ4n) is 3.99. The summed E-state index contributed by atoms with van der Waals surface area (Å²) >= 11 is 5.78. The van der Waals surface area contributed by atoms with Gasteiger partial charge in [0.25, 0.3) is 0 Å². The highest BCUT2D eigenvalue weighted by atomic mass is 35.5. The zero-order valence-corrected chi connectivity index (χ0v) is 14.6. The number of aliphatic hydroxyl groups is 1. The fourth-order valence-corrected chi connectivity index (χ4v) is 4.17. The maximum Gasteiger partial charge on any atom is 0.149 e. The molecule has 3 rings (SSSR count). The van der Waals surface area contributed by atoms with Crippen molar-refractivity contribution >= 4 is 11.6 Å². The molecule has 1 aromatic rings. The van der Waals surface area contributed by atoms with Gasteiger partial charge in [0.05, 0.1) is 5.02 Å². The molecule has 2 atom stereocenters. The SMILES string of the molecule is OC[C@@H]1CN(Cc2c(F)ccc(Cl)c2F)C[C@@H]1CN1CCCCC1. The van der Waals surface area contributed by atoms with Crippen molar-refractivity contribution in [3.05, 3.63) is 34.4 Å². The van der Waals surface area contributed by atoms with Crippen LogP contribution in [0.4, 0.5) is 8.78 Å². The molecule has 3 nitrogen and oxygen atoms in total. The molecule has 0 bridgehead atoms. The summed E-state index contributed by atoms with van der Waals surface area (Å²) in [4.78, 5) is 4.49. The second kappa shape index (κ2) is 8.09. The first-order valence-corrected chi connectivity index (χ1v) is 9.14. The average molecular weight is 359 g/mol. The molecular formula is C18H25ClF2N2O. The largest absolute Gasteiger partial charge is 0.396 e. The molecule has 0 radical (unpaired) electrons. The third-order valence-electron chi connectivity index (χ3n) is 5.35. The summed E-state index contributed by atoms with van der Waals surface area (Å²) in [5.74, 6) is -0.718. The minimum Gasteiger partial charge on any atom is -0.396 e. The van der Waals surface area contributed by atoms with Gasteiger partial charge in [-0.25, -0.2) is 8.78 Å². The van der Waals surface area contributed by atoms with Crippen LogP contribution in [-0.2, 0) is 6.54 Å². The molecule has 2 fully saturated rings. The first-order valence-electron chi connectivity index (χ1n) is 8.76. The van der Waals surface area contributed by atoms with Gasteiger partial charge in [-0.05, 0) is 49.9 Å². The maximum absolute atomic E-state index is 14.1. The van der Waals surface area contributed by atoms with E-state index in [2.05, 4.69) is 4.90 Å². The molecule has 6 heteroatoms. The van der Waals surface area contributed by atoms with E-state index in [4.69, 9.17) is 11.6 Å². The van der Waals surface area contributed by atoms with Crippen LogP contribution < -0.4 is 0 Å². The van der Waals surface area contributed by atoms with Gasteiger partial charge in [-0.1, -0.05) is 18.0 Å². The third-order valence-corrected chi connectivity index (χ3v) is 5.64. The Bertz CT molecular complexity index is 566. The first-order chi connectivity index (χ1) is 11.6. The molecule has 2 saturated heterocycles. The van der Waals surface area contributed by atoms with Gasteiger partial charge in [0.15, 0.2) is 0 Å². The number of hydrogen-bond acceptors (Lipinski definition) is 3. The van der Waals surface area contributed by atoms with Crippen molar-refractivity contribution < 1.29 is 13.9 Å². The lowest BCUT2D eigenvalue weighted by Crippen LogP contribution is -2.37. The van der Waals surface area contributed by atoms with Crippen LogP contribution in [0, 0.1) is 23.5 Å². The van der Waals surface area contributed by atoms with Crippen molar-refractivity contribution in [1.29, 1.82) is 0 Å². The number of aliphatic hydroxyl groups excluding tert-OH is 1. The first kappa shape index (κ1) is 18.1. The van der Waals surface area contributed by atoms with E-state index in [1.165, 1.54) is 31.4 Å². The summed E-state index contributed by atoms with van der Waals surface area (Å²) in [5.41, 5.74) is 0.0258. The van der Waals surface area contributed by atoms with E-state index < -0.39 is 11.6 Å². The Balaban J connectivity index is 1.64. The number of halogens is 3. The minimum atomic E-state index is -0.670. The average Bonchev–Trinajstić information content (AvgIpc) is 2.98. The van der Waals surface area contributed by atoms with E-state index >= 15 is 0 Å². The van der Waals surface area contributed by atoms with Crippen LogP contribution in [0.25, 0.3) is 0 Å². The standard InChI is InChI=1S/C18H25ClF2N2O/c19-16-4-5-17(20)15(18(16)21)11-23-9-13(14(10-23)12-24)8-22-6-2-1-3-7-22/h4-5,13-14,24H,1-3,6-12H2/t13-,14-/m0/s1. The number of rotatable bonds is 5. The Labute approximate surface area is 147 Å². The van der Waals surface area contributed by atoms with E-state index in [0.717, 1.165) is 26.2 Å². The molecule has 0 spiro atoms. The topological polar surface area (TPSA) is 26.7 Å². The number of hydrogen-bond donors (Lipinski definition) is 1. The normalized spacial score (nSPS) is 26.2. The van der Waals surface area contributed by atoms with E-state index in [9.17, 15) is 13.9 Å². The summed E-state index contributed by atoms with van der Waals surface area (Å²) in [7, 11) is 0. The second-order valence-corrected chi connectivity index (χ2v) is 7.49. The molecule has 0 unspecified atom stereocenters. The molecule has 1 N–H and O–H groups in total. The zero-order valence-electron chi connectivity index (χ0n) is 13.9. The lowest BCUT2D eigenvalue weighted by molar-refractivity contribution is 0.149. The highest BCUT2D eigenvalue weighted by molar-refractivity contribution is 6.30. The Morgan fingerprint density at radius 2 is 1.75 bits per heavy atom. The third kappa shape index (κ3) is 4.07. The number of benzene rings is 1. The molecule has 0 saturated carbocycles. The van der Waals surface area contributed by atoms with Crippen molar-refractivity contribution in [3.8, 4) is 0 Å². The maximum atomic E-state index is 14.1. The van der Waals surface area contributed by atoms with Crippen molar-refractivity contribution in [3.63, 3.8) is 0 Å². The zero-order chi connectivity index (χ0) is 17.1. The van der Waals surface area contributed by atoms with Gasteiger partial charge in [-0.15, -0.1) is 0 Å². The molecular weight excluding hydrogens is 334 g/mol. The smallest absolute Gasteiger partial charge is 0.149 e. The summed E-state index contributed by atoms with van der Waals surface area (Å²) in [6.07, 6.45) is 3.77. The lowest BCUT2D eigenvalue weighted by atomic mass is 9.95. The Morgan fingerprint density at radius 1 is 1.04 bits per heavy atom. The van der Waals surface area contributed by atoms with Crippen molar-refractivity contribution in [2.75, 3.05) is 39.3 Å². The van der Waals surface area contributed by atoms with Gasteiger partial charge in [0.1, 0.15) is 11.6 Å². The second-order valence-electron chi connectivity index (χ2n) is 7.08. The quantitative estimate of drug-likeness (QED) is 0.819. The molecule has 0 aromatic heterocycles. The van der Waals surface area contributed by atoms with Crippen LogP contribution in [0.5, 0.6) is 0 Å². The van der Waals surface area contributed by atoms with Crippen LogP contribution in [0.15, 0.2) is 12.1 Å².